The maximum absolute atomic E-state index is 6.42. The van der Waals surface area contributed by atoms with Crippen LogP contribution in [0, 0.1) is 0 Å². The Labute approximate surface area is 158 Å². The Kier molecular flexibility index (Phi) is 5.40. The van der Waals surface area contributed by atoms with Crippen LogP contribution in [0.1, 0.15) is 0 Å². The first-order valence-electron chi connectivity index (χ1n) is 7.14. The van der Waals surface area contributed by atoms with Crippen molar-refractivity contribution in [2.75, 3.05) is 4.61 Å². The second-order valence-corrected chi connectivity index (χ2v) is 6.02. The van der Waals surface area contributed by atoms with E-state index in [1.807, 2.05) is 42.5 Å². The number of hydrogen-bond donors (Lipinski definition) is 2. The molecule has 124 valence electrons. The summed E-state index contributed by atoms with van der Waals surface area (Å²) in [7, 11) is 0. The molecule has 1 heterocycles. The number of aromatic nitrogens is 1. The van der Waals surface area contributed by atoms with Crippen LogP contribution >= 0.6 is 34.2 Å². The number of rotatable bonds is 5. The zero-order chi connectivity index (χ0) is 17.1. The highest BCUT2D eigenvalue weighted by Gasteiger charge is 2.16. The van der Waals surface area contributed by atoms with Gasteiger partial charge < -0.3 is 9.47 Å². The van der Waals surface area contributed by atoms with Gasteiger partial charge in [-0.3, -0.25) is 16.5 Å². The summed E-state index contributed by atoms with van der Waals surface area (Å²) >= 11 is 8.57. The summed E-state index contributed by atoms with van der Waals surface area (Å²) in [5.74, 6) is 1.30. The maximum Gasteiger partial charge on any atom is 0.202 e. The molecule has 0 fully saturated rings. The summed E-state index contributed by atoms with van der Waals surface area (Å²) in [6, 6.07) is 13.1. The van der Waals surface area contributed by atoms with Crippen molar-refractivity contribution in [3.63, 3.8) is 0 Å². The molecule has 3 rings (SSSR count). The fourth-order valence-electron chi connectivity index (χ4n) is 2.44. The lowest BCUT2D eigenvalue weighted by Crippen LogP contribution is -2.36. The third kappa shape index (κ3) is 3.56. The van der Waals surface area contributed by atoms with Crippen LogP contribution in [0.15, 0.2) is 48.7 Å². The molecule has 0 aliphatic carbocycles. The van der Waals surface area contributed by atoms with E-state index in [1.165, 1.54) is 0 Å². The molecule has 0 saturated heterocycles. The summed E-state index contributed by atoms with van der Waals surface area (Å²) in [5, 5.41) is 1.36. The van der Waals surface area contributed by atoms with Gasteiger partial charge in [0, 0.05) is 17.1 Å². The third-order valence-electron chi connectivity index (χ3n) is 3.44. The summed E-state index contributed by atoms with van der Waals surface area (Å²) in [4.78, 5) is 4.38. The minimum atomic E-state index is -0.961. The molecule has 0 unspecified atom stereocenters. The number of ether oxygens (including phenoxy) is 2. The van der Waals surface area contributed by atoms with E-state index >= 15 is 0 Å². The summed E-state index contributed by atoms with van der Waals surface area (Å²) < 4.78 is 11.7. The molecule has 0 aliphatic heterocycles. The van der Waals surface area contributed by atoms with Crippen molar-refractivity contribution in [2.24, 2.45) is 11.5 Å². The molecule has 0 saturated carbocycles. The van der Waals surface area contributed by atoms with Crippen LogP contribution in [0.3, 0.4) is 0 Å². The monoisotopic (exact) mass is 455 g/mol. The van der Waals surface area contributed by atoms with Gasteiger partial charge in [-0.1, -0.05) is 23.7 Å². The first-order chi connectivity index (χ1) is 11.6. The number of fused-ring (bicyclic) bond motifs is 1. The fraction of sp³-hybridized carbons (Fsp3) is 0.118. The van der Waals surface area contributed by atoms with Gasteiger partial charge in [0.25, 0.3) is 0 Å². The molecule has 0 spiro atoms. The second-order valence-electron chi connectivity index (χ2n) is 4.99. The van der Waals surface area contributed by atoms with Gasteiger partial charge >= 0.3 is 0 Å². The Bertz CT molecular complexity index is 856. The molecule has 0 aliphatic rings. The normalized spacial score (nSPS) is 11.0. The van der Waals surface area contributed by atoms with Crippen LogP contribution in [0.5, 0.6) is 11.5 Å². The van der Waals surface area contributed by atoms with Crippen LogP contribution in [-0.2, 0) is 0 Å². The van der Waals surface area contributed by atoms with Crippen molar-refractivity contribution in [2.45, 2.75) is 6.35 Å². The van der Waals surface area contributed by atoms with E-state index in [0.717, 1.165) is 22.3 Å². The number of alkyl halides is 1. The van der Waals surface area contributed by atoms with Gasteiger partial charge in [0.1, 0.15) is 15.9 Å². The van der Waals surface area contributed by atoms with Crippen molar-refractivity contribution < 1.29 is 9.47 Å². The Morgan fingerprint density at radius 1 is 1.17 bits per heavy atom. The van der Waals surface area contributed by atoms with Gasteiger partial charge in [0.2, 0.25) is 6.35 Å². The smallest absolute Gasteiger partial charge is 0.202 e. The molecule has 0 atom stereocenters. The van der Waals surface area contributed by atoms with Gasteiger partial charge in [-0.25, -0.2) is 0 Å². The number of nitrogens with two attached hydrogens (primary N) is 2. The summed E-state index contributed by atoms with van der Waals surface area (Å²) in [6.07, 6.45) is 0.714. The Balaban J connectivity index is 2.18. The average molecular weight is 456 g/mol. The molecule has 3 aromatic rings. The molecule has 0 bridgehead atoms. The van der Waals surface area contributed by atoms with Crippen molar-refractivity contribution in [3.8, 4) is 22.6 Å². The molecule has 24 heavy (non-hydrogen) atoms. The average Bonchev–Trinajstić information content (AvgIpc) is 2.58. The number of halogens is 2. The Hall–Kier alpha value is -1.61. The van der Waals surface area contributed by atoms with Crippen LogP contribution in [0.2, 0.25) is 5.02 Å². The highest BCUT2D eigenvalue weighted by molar-refractivity contribution is 14.1. The molecule has 1 aromatic heterocycles. The van der Waals surface area contributed by atoms with Crippen LogP contribution in [-0.4, -0.2) is 15.9 Å². The highest BCUT2D eigenvalue weighted by atomic mass is 127. The van der Waals surface area contributed by atoms with Gasteiger partial charge in [0.05, 0.1) is 5.02 Å². The lowest BCUT2D eigenvalue weighted by molar-refractivity contribution is 0.221. The van der Waals surface area contributed by atoms with E-state index in [2.05, 4.69) is 27.6 Å². The molecule has 4 N–H and O–H groups in total. The zero-order valence-corrected chi connectivity index (χ0v) is 15.5. The van der Waals surface area contributed by atoms with E-state index in [9.17, 15) is 0 Å². The Morgan fingerprint density at radius 2 is 1.92 bits per heavy atom. The number of hydrogen-bond acceptors (Lipinski definition) is 5. The molecule has 5 nitrogen and oxygen atoms in total. The van der Waals surface area contributed by atoms with Gasteiger partial charge in [-0.15, -0.1) is 0 Å². The zero-order valence-electron chi connectivity index (χ0n) is 12.6. The first kappa shape index (κ1) is 17.2. The molecular weight excluding hydrogens is 441 g/mol. The largest absolute Gasteiger partial charge is 0.483 e. The minimum Gasteiger partial charge on any atom is -0.483 e. The van der Waals surface area contributed by atoms with E-state index in [4.69, 9.17) is 32.5 Å². The SMILES string of the molecule is NC(N)Oc1c(-c2ccc(OCI)cc2)cc(Cl)c2cccnc12. The van der Waals surface area contributed by atoms with E-state index in [-0.39, 0.29) is 0 Å². The first-order valence-corrected chi connectivity index (χ1v) is 9.04. The highest BCUT2D eigenvalue weighted by Crippen LogP contribution is 2.40. The van der Waals surface area contributed by atoms with Gasteiger partial charge in [-0.05, 0) is 58.5 Å². The lowest BCUT2D eigenvalue weighted by atomic mass is 10.0. The summed E-state index contributed by atoms with van der Waals surface area (Å²) in [6.45, 7) is 0. The molecule has 2 aromatic carbocycles. The predicted molar refractivity (Wildman–Crippen MR) is 104 cm³/mol. The minimum absolute atomic E-state index is 0.507. The van der Waals surface area contributed by atoms with Gasteiger partial charge in [0.15, 0.2) is 5.75 Å². The second kappa shape index (κ2) is 7.52. The molecule has 0 amide bonds. The van der Waals surface area contributed by atoms with E-state index in [1.54, 1.807) is 6.20 Å². The number of benzene rings is 2. The van der Waals surface area contributed by atoms with Crippen molar-refractivity contribution in [3.05, 3.63) is 53.7 Å². The number of nitrogens with zero attached hydrogens (tertiary/aromatic N) is 1. The van der Waals surface area contributed by atoms with E-state index < -0.39 is 6.35 Å². The van der Waals surface area contributed by atoms with E-state index in [0.29, 0.717) is 20.9 Å². The van der Waals surface area contributed by atoms with Crippen molar-refractivity contribution >= 4 is 45.1 Å². The third-order valence-corrected chi connectivity index (χ3v) is 4.06. The maximum atomic E-state index is 6.42. The van der Waals surface area contributed by atoms with Gasteiger partial charge in [-0.2, -0.15) is 0 Å². The summed E-state index contributed by atoms with van der Waals surface area (Å²) in [5.41, 5.74) is 13.6. The Morgan fingerprint density at radius 3 is 2.58 bits per heavy atom. The van der Waals surface area contributed by atoms with Crippen LogP contribution in [0.4, 0.5) is 0 Å². The quantitative estimate of drug-likeness (QED) is 0.346. The topological polar surface area (TPSA) is 83.4 Å². The van der Waals surface area contributed by atoms with Crippen molar-refractivity contribution in [1.29, 1.82) is 0 Å². The molecular formula is C17H15ClIN3O2. The molecule has 7 heteroatoms. The molecule has 0 radical (unpaired) electrons. The standard InChI is InChI=1S/C17H15ClIN3O2/c18-14-8-13(10-3-5-11(6-4-10)23-9-19)16(24-17(20)21)15-12(14)2-1-7-22-15/h1-8,17H,9,20-21H2. The lowest BCUT2D eigenvalue weighted by Gasteiger charge is -2.17. The van der Waals surface area contributed by atoms with Crippen molar-refractivity contribution in [1.82, 2.24) is 4.98 Å². The predicted octanol–water partition coefficient (Wildman–Crippen LogP) is 3.91. The number of pyridine rings is 1. The van der Waals surface area contributed by atoms with Crippen LogP contribution < -0.4 is 20.9 Å². The fourth-order valence-corrected chi connectivity index (χ4v) is 3.06. The van der Waals surface area contributed by atoms with Crippen LogP contribution in [0.25, 0.3) is 22.0 Å².